The van der Waals surface area contributed by atoms with E-state index in [9.17, 15) is 15.3 Å². The van der Waals surface area contributed by atoms with Gasteiger partial charge in [-0.25, -0.2) is 0 Å². The number of hydrogen-bond acceptors (Lipinski definition) is 5. The lowest BCUT2D eigenvalue weighted by Crippen LogP contribution is -2.57. The lowest BCUT2D eigenvalue weighted by Gasteiger charge is -2.55. The minimum atomic E-state index is -1.38. The Balaban J connectivity index is 1.27. The van der Waals surface area contributed by atoms with Crippen LogP contribution in [0.3, 0.4) is 0 Å². The summed E-state index contributed by atoms with van der Waals surface area (Å²) in [5, 5.41) is 36.7. The minimum absolute atomic E-state index is 0.00385. The van der Waals surface area contributed by atoms with Crippen LogP contribution in [0.25, 0.3) is 10.8 Å². The van der Waals surface area contributed by atoms with Crippen molar-refractivity contribution in [2.45, 2.75) is 74.5 Å². The topological polar surface area (TPSA) is 82.8 Å². The highest BCUT2D eigenvalue weighted by Gasteiger charge is 2.74. The molecular formula is C29H31NO4. The number of ether oxygens (including phenoxy) is 1. The van der Waals surface area contributed by atoms with E-state index in [0.717, 1.165) is 35.6 Å². The molecule has 1 saturated heterocycles. The monoisotopic (exact) mass is 457 g/mol. The summed E-state index contributed by atoms with van der Waals surface area (Å²) in [5.74, 6) is 0.867. The van der Waals surface area contributed by atoms with E-state index in [1.165, 1.54) is 11.1 Å². The molecule has 3 N–H and O–H groups in total. The lowest BCUT2D eigenvalue weighted by atomic mass is 9.56. The molecule has 4 aliphatic carbocycles. The number of fused-ring (bicyclic) bond motifs is 4. The van der Waals surface area contributed by atoms with Crippen LogP contribution in [-0.4, -0.2) is 43.7 Å². The van der Waals surface area contributed by atoms with Crippen LogP contribution in [0.5, 0.6) is 0 Å². The molecule has 3 heterocycles. The van der Waals surface area contributed by atoms with Crippen molar-refractivity contribution in [2.75, 3.05) is 0 Å². The number of benzene rings is 1. The molecule has 2 aromatic rings. The fraction of sp³-hybridized carbons (Fsp3) is 0.552. The van der Waals surface area contributed by atoms with Crippen LogP contribution < -0.4 is 0 Å². The molecule has 0 radical (unpaired) electrons. The first-order valence-corrected chi connectivity index (χ1v) is 12.9. The van der Waals surface area contributed by atoms with Gasteiger partial charge in [0.25, 0.3) is 0 Å². The number of aliphatic hydroxyl groups excluding tert-OH is 2. The first-order chi connectivity index (χ1) is 16.3. The van der Waals surface area contributed by atoms with Gasteiger partial charge in [-0.2, -0.15) is 0 Å². The van der Waals surface area contributed by atoms with Gasteiger partial charge in [0.05, 0.1) is 23.4 Å². The molecule has 34 heavy (non-hydrogen) atoms. The standard InChI is InChI=1S/C29H31NO4/c1-26-6-4-18-11-22-20-12-21(20)23(31)14-27(22)7-8-28(18,34-27)24(26)13-25(32)29(26,33)19-3-2-16-5-9-30-15-17(16)10-19/h2-5,9-11,15,20-21,23-25,31-33H,6-8,12-14H2,1H3/t20-,21+,23-,24+,25+,26-,27+,28?,29+/m0/s1. The van der Waals surface area contributed by atoms with Gasteiger partial charge in [-0.3, -0.25) is 4.98 Å². The number of allylic oxidation sites excluding steroid dienone is 1. The van der Waals surface area contributed by atoms with Crippen LogP contribution in [-0.2, 0) is 10.3 Å². The van der Waals surface area contributed by atoms with E-state index in [-0.39, 0.29) is 17.6 Å². The summed E-state index contributed by atoms with van der Waals surface area (Å²) in [6.07, 6.45) is 11.9. The fourth-order valence-corrected chi connectivity index (χ4v) is 9.01. The molecule has 4 fully saturated rings. The SMILES string of the molecule is C[C@]12CC=C3C=C4[C@H]5C[C@H]5[C@@H](O)C[C@]45CCC3(O5)[C@@H]1C[C@@H](O)[C@]2(O)c1ccc2ccncc2c1. The highest BCUT2D eigenvalue weighted by molar-refractivity contribution is 5.82. The fourth-order valence-electron chi connectivity index (χ4n) is 9.01. The number of aliphatic hydroxyl groups is 3. The molecule has 2 spiro atoms. The average molecular weight is 458 g/mol. The van der Waals surface area contributed by atoms with E-state index in [2.05, 4.69) is 24.1 Å². The normalized spacial score (nSPS) is 50.1. The van der Waals surface area contributed by atoms with Gasteiger partial charge in [-0.15, -0.1) is 0 Å². The maximum Gasteiger partial charge on any atom is 0.121 e. The van der Waals surface area contributed by atoms with Crippen molar-refractivity contribution < 1.29 is 20.1 Å². The van der Waals surface area contributed by atoms with Gasteiger partial charge in [-0.1, -0.05) is 31.2 Å². The van der Waals surface area contributed by atoms with Gasteiger partial charge in [0.15, 0.2) is 0 Å². The highest BCUT2D eigenvalue weighted by atomic mass is 16.5. The summed E-state index contributed by atoms with van der Waals surface area (Å²) < 4.78 is 7.15. The predicted octanol–water partition coefficient (Wildman–Crippen LogP) is 3.77. The van der Waals surface area contributed by atoms with Crippen molar-refractivity contribution in [3.63, 3.8) is 0 Å². The van der Waals surface area contributed by atoms with Crippen molar-refractivity contribution >= 4 is 10.8 Å². The van der Waals surface area contributed by atoms with Gasteiger partial charge in [-0.05, 0) is 78.2 Å². The molecule has 3 saturated carbocycles. The summed E-state index contributed by atoms with van der Waals surface area (Å²) in [4.78, 5) is 4.26. The van der Waals surface area contributed by atoms with Crippen molar-refractivity contribution in [3.05, 3.63) is 65.5 Å². The van der Waals surface area contributed by atoms with Crippen LogP contribution in [0, 0.1) is 23.2 Å². The van der Waals surface area contributed by atoms with Crippen LogP contribution >= 0.6 is 0 Å². The third kappa shape index (κ3) is 2.11. The van der Waals surface area contributed by atoms with Gasteiger partial charge in [0.2, 0.25) is 0 Å². The molecule has 9 atom stereocenters. The number of rotatable bonds is 1. The van der Waals surface area contributed by atoms with Crippen LogP contribution in [0.15, 0.2) is 60.0 Å². The molecule has 1 aromatic heterocycles. The third-order valence-corrected chi connectivity index (χ3v) is 10.8. The van der Waals surface area contributed by atoms with Gasteiger partial charge in [0, 0.05) is 35.5 Å². The zero-order chi connectivity index (χ0) is 23.1. The van der Waals surface area contributed by atoms with Crippen LogP contribution in [0.2, 0.25) is 0 Å². The Bertz CT molecular complexity index is 1320. The van der Waals surface area contributed by atoms with E-state index >= 15 is 0 Å². The van der Waals surface area contributed by atoms with Crippen molar-refractivity contribution in [3.8, 4) is 0 Å². The average Bonchev–Trinajstić information content (AvgIpc) is 3.54. The van der Waals surface area contributed by atoms with E-state index in [1.807, 2.05) is 30.5 Å². The molecule has 5 heteroatoms. The number of hydrogen-bond donors (Lipinski definition) is 3. The largest absolute Gasteiger partial charge is 0.393 e. The first-order valence-electron chi connectivity index (χ1n) is 12.9. The zero-order valence-corrected chi connectivity index (χ0v) is 19.4. The number of nitrogens with zero attached hydrogens (tertiary/aromatic N) is 1. The van der Waals surface area contributed by atoms with E-state index in [1.54, 1.807) is 6.20 Å². The molecule has 8 rings (SSSR count). The molecule has 2 bridgehead atoms. The molecule has 176 valence electrons. The quantitative estimate of drug-likeness (QED) is 0.607. The Morgan fingerprint density at radius 1 is 1.09 bits per heavy atom. The second-order valence-electron chi connectivity index (χ2n) is 12.2. The Kier molecular flexibility index (Phi) is 3.57. The third-order valence-electron chi connectivity index (χ3n) is 10.8. The zero-order valence-electron chi connectivity index (χ0n) is 19.4. The molecule has 0 amide bonds. The van der Waals surface area contributed by atoms with E-state index in [0.29, 0.717) is 31.1 Å². The second-order valence-corrected chi connectivity index (χ2v) is 12.2. The molecule has 1 unspecified atom stereocenters. The maximum atomic E-state index is 12.4. The lowest BCUT2D eigenvalue weighted by molar-refractivity contribution is -0.178. The van der Waals surface area contributed by atoms with Crippen molar-refractivity contribution in [1.82, 2.24) is 4.98 Å². The van der Waals surface area contributed by atoms with Gasteiger partial charge >= 0.3 is 0 Å². The Morgan fingerprint density at radius 3 is 2.85 bits per heavy atom. The van der Waals surface area contributed by atoms with Crippen LogP contribution in [0.4, 0.5) is 0 Å². The number of aromatic nitrogens is 1. The Hall–Kier alpha value is -2.05. The van der Waals surface area contributed by atoms with Crippen LogP contribution in [0.1, 0.15) is 51.0 Å². The van der Waals surface area contributed by atoms with Crippen molar-refractivity contribution in [1.29, 1.82) is 0 Å². The molecular weight excluding hydrogens is 426 g/mol. The smallest absolute Gasteiger partial charge is 0.121 e. The van der Waals surface area contributed by atoms with E-state index in [4.69, 9.17) is 4.74 Å². The summed E-state index contributed by atoms with van der Waals surface area (Å²) >= 11 is 0. The predicted molar refractivity (Wildman–Crippen MR) is 127 cm³/mol. The molecule has 1 aromatic carbocycles. The Morgan fingerprint density at radius 2 is 1.97 bits per heavy atom. The Labute approximate surface area is 199 Å². The van der Waals surface area contributed by atoms with Crippen molar-refractivity contribution in [2.24, 2.45) is 23.2 Å². The van der Waals surface area contributed by atoms with Gasteiger partial charge < -0.3 is 20.1 Å². The first kappa shape index (κ1) is 20.2. The summed E-state index contributed by atoms with van der Waals surface area (Å²) in [5.41, 5.74) is 0.593. The number of pyridine rings is 1. The van der Waals surface area contributed by atoms with E-state index < -0.39 is 22.7 Å². The van der Waals surface area contributed by atoms with Gasteiger partial charge in [0.1, 0.15) is 5.60 Å². The summed E-state index contributed by atoms with van der Waals surface area (Å²) in [7, 11) is 0. The molecule has 2 aliphatic heterocycles. The molecule has 5 nitrogen and oxygen atoms in total. The second kappa shape index (κ2) is 6.01. The molecule has 6 aliphatic rings. The maximum absolute atomic E-state index is 12.4. The minimum Gasteiger partial charge on any atom is -0.393 e. The highest BCUT2D eigenvalue weighted by Crippen LogP contribution is 2.72. The summed E-state index contributed by atoms with van der Waals surface area (Å²) in [6, 6.07) is 7.95. The summed E-state index contributed by atoms with van der Waals surface area (Å²) in [6.45, 7) is 2.14.